The van der Waals surface area contributed by atoms with Crippen LogP contribution in [0.1, 0.15) is 11.1 Å². The molecule has 3 nitrogen and oxygen atoms in total. The number of methoxy groups -OCH3 is 3. The number of ether oxygens (including phenoxy) is 3. The van der Waals surface area contributed by atoms with Crippen molar-refractivity contribution >= 4 is 0 Å². The molecule has 2 rings (SSSR count). The molecule has 0 atom stereocenters. The summed E-state index contributed by atoms with van der Waals surface area (Å²) < 4.78 is 16.0. The molecule has 21 heavy (non-hydrogen) atoms. The van der Waals surface area contributed by atoms with Crippen molar-refractivity contribution in [3.05, 3.63) is 53.6 Å². The van der Waals surface area contributed by atoms with Gasteiger partial charge in [-0.3, -0.25) is 0 Å². The second-order valence-corrected chi connectivity index (χ2v) is 4.38. The molecule has 0 saturated carbocycles. The number of hydrogen-bond acceptors (Lipinski definition) is 3. The highest BCUT2D eigenvalue weighted by molar-refractivity contribution is 5.54. The topological polar surface area (TPSA) is 27.7 Å². The summed E-state index contributed by atoms with van der Waals surface area (Å²) in [6.07, 6.45) is 0.617. The van der Waals surface area contributed by atoms with E-state index in [0.29, 0.717) is 23.7 Å². The van der Waals surface area contributed by atoms with Crippen LogP contribution in [0.3, 0.4) is 0 Å². The van der Waals surface area contributed by atoms with E-state index in [0.717, 1.165) is 11.1 Å². The van der Waals surface area contributed by atoms with Crippen molar-refractivity contribution in [2.24, 2.45) is 0 Å². The van der Waals surface area contributed by atoms with Gasteiger partial charge in [0, 0.05) is 12.0 Å². The van der Waals surface area contributed by atoms with E-state index in [2.05, 4.69) is 11.8 Å². The lowest BCUT2D eigenvalue weighted by atomic mass is 10.1. The maximum absolute atomic E-state index is 5.33. The average molecular weight is 282 g/mol. The van der Waals surface area contributed by atoms with Crippen LogP contribution in [0.4, 0.5) is 0 Å². The van der Waals surface area contributed by atoms with E-state index in [1.807, 2.05) is 42.5 Å². The van der Waals surface area contributed by atoms with Gasteiger partial charge >= 0.3 is 0 Å². The molecule has 2 aromatic carbocycles. The van der Waals surface area contributed by atoms with Crippen molar-refractivity contribution in [1.29, 1.82) is 0 Å². The predicted octanol–water partition coefficient (Wildman–Crippen LogP) is 3.31. The van der Waals surface area contributed by atoms with Crippen LogP contribution in [-0.2, 0) is 6.42 Å². The molecule has 2 aromatic rings. The fraction of sp³-hybridized carbons (Fsp3) is 0.222. The Balaban J connectivity index is 2.23. The Kier molecular flexibility index (Phi) is 5.11. The Morgan fingerprint density at radius 1 is 0.857 bits per heavy atom. The van der Waals surface area contributed by atoms with E-state index < -0.39 is 0 Å². The van der Waals surface area contributed by atoms with Crippen molar-refractivity contribution in [3.8, 4) is 29.1 Å². The van der Waals surface area contributed by atoms with Gasteiger partial charge in [0.15, 0.2) is 11.5 Å². The first kappa shape index (κ1) is 14.8. The highest BCUT2D eigenvalue weighted by atomic mass is 16.5. The summed E-state index contributed by atoms with van der Waals surface area (Å²) >= 11 is 0. The Morgan fingerprint density at radius 3 is 2.00 bits per heavy atom. The molecule has 0 amide bonds. The summed E-state index contributed by atoms with van der Waals surface area (Å²) in [5.41, 5.74) is 2.03. The van der Waals surface area contributed by atoms with Gasteiger partial charge in [-0.25, -0.2) is 0 Å². The van der Waals surface area contributed by atoms with Gasteiger partial charge in [0.2, 0.25) is 5.75 Å². The fourth-order valence-corrected chi connectivity index (χ4v) is 2.01. The summed E-state index contributed by atoms with van der Waals surface area (Å²) in [5, 5.41) is 0. The molecule has 0 bridgehead atoms. The summed E-state index contributed by atoms with van der Waals surface area (Å²) in [5.74, 6) is 8.18. The van der Waals surface area contributed by atoms with Gasteiger partial charge in [0.05, 0.1) is 21.3 Å². The molecule has 0 aliphatic rings. The highest BCUT2D eigenvalue weighted by Crippen LogP contribution is 2.38. The van der Waals surface area contributed by atoms with Crippen LogP contribution < -0.4 is 14.2 Å². The van der Waals surface area contributed by atoms with E-state index in [1.165, 1.54) is 0 Å². The third-order valence-electron chi connectivity index (χ3n) is 3.02. The first-order valence-electron chi connectivity index (χ1n) is 6.61. The lowest BCUT2D eigenvalue weighted by molar-refractivity contribution is 0.324. The number of rotatable bonds is 4. The Labute approximate surface area is 125 Å². The zero-order chi connectivity index (χ0) is 15.1. The maximum Gasteiger partial charge on any atom is 0.203 e. The van der Waals surface area contributed by atoms with Crippen LogP contribution in [0.15, 0.2) is 42.5 Å². The molecule has 108 valence electrons. The van der Waals surface area contributed by atoms with Crippen molar-refractivity contribution in [3.63, 3.8) is 0 Å². The first-order chi connectivity index (χ1) is 10.3. The van der Waals surface area contributed by atoms with E-state index in [9.17, 15) is 0 Å². The van der Waals surface area contributed by atoms with Crippen LogP contribution in [-0.4, -0.2) is 21.3 Å². The van der Waals surface area contributed by atoms with Gasteiger partial charge in [0.1, 0.15) is 0 Å². The molecule has 0 N–H and O–H groups in total. The molecular weight excluding hydrogens is 264 g/mol. The smallest absolute Gasteiger partial charge is 0.203 e. The summed E-state index contributed by atoms with van der Waals surface area (Å²) in [4.78, 5) is 0. The standard InChI is InChI=1S/C18H18O3/c1-19-16-12-15(13-17(20-2)18(16)21-3)11-7-10-14-8-5-4-6-9-14/h4-6,8-9,12-13H,11H2,1-3H3. The highest BCUT2D eigenvalue weighted by Gasteiger charge is 2.12. The Morgan fingerprint density at radius 2 is 1.48 bits per heavy atom. The van der Waals surface area contributed by atoms with Crippen molar-refractivity contribution in [2.45, 2.75) is 6.42 Å². The molecule has 0 unspecified atom stereocenters. The zero-order valence-corrected chi connectivity index (χ0v) is 12.5. The quantitative estimate of drug-likeness (QED) is 0.805. The van der Waals surface area contributed by atoms with Crippen LogP contribution >= 0.6 is 0 Å². The zero-order valence-electron chi connectivity index (χ0n) is 12.5. The van der Waals surface area contributed by atoms with Crippen molar-refractivity contribution < 1.29 is 14.2 Å². The lowest BCUT2D eigenvalue weighted by Gasteiger charge is -2.13. The van der Waals surface area contributed by atoms with E-state index in [4.69, 9.17) is 14.2 Å². The molecule has 0 aliphatic carbocycles. The molecule has 0 aliphatic heterocycles. The fourth-order valence-electron chi connectivity index (χ4n) is 2.01. The minimum Gasteiger partial charge on any atom is -0.493 e. The van der Waals surface area contributed by atoms with Crippen LogP contribution in [0, 0.1) is 11.8 Å². The largest absolute Gasteiger partial charge is 0.493 e. The average Bonchev–Trinajstić information content (AvgIpc) is 2.54. The molecule has 3 heteroatoms. The Bertz CT molecular complexity index is 626. The van der Waals surface area contributed by atoms with Crippen molar-refractivity contribution in [2.75, 3.05) is 21.3 Å². The molecule has 0 aromatic heterocycles. The predicted molar refractivity (Wildman–Crippen MR) is 83.1 cm³/mol. The van der Waals surface area contributed by atoms with Gasteiger partial charge < -0.3 is 14.2 Å². The van der Waals surface area contributed by atoms with E-state index in [-0.39, 0.29) is 0 Å². The van der Waals surface area contributed by atoms with Gasteiger partial charge in [0.25, 0.3) is 0 Å². The van der Waals surface area contributed by atoms with Gasteiger partial charge in [-0.15, -0.1) is 0 Å². The second kappa shape index (κ2) is 7.25. The molecule has 0 radical (unpaired) electrons. The summed E-state index contributed by atoms with van der Waals surface area (Å²) in [6, 6.07) is 13.7. The third-order valence-corrected chi connectivity index (χ3v) is 3.02. The maximum atomic E-state index is 5.33. The van der Waals surface area contributed by atoms with Gasteiger partial charge in [-0.05, 0) is 29.8 Å². The van der Waals surface area contributed by atoms with Gasteiger partial charge in [-0.2, -0.15) is 0 Å². The molecular formula is C18H18O3. The monoisotopic (exact) mass is 282 g/mol. The van der Waals surface area contributed by atoms with Crippen molar-refractivity contribution in [1.82, 2.24) is 0 Å². The SMILES string of the molecule is COc1cc(CC#Cc2ccccc2)cc(OC)c1OC. The first-order valence-corrected chi connectivity index (χ1v) is 6.61. The van der Waals surface area contributed by atoms with Gasteiger partial charge in [-0.1, -0.05) is 30.0 Å². The number of benzene rings is 2. The van der Waals surface area contributed by atoms with Crippen LogP contribution in [0.2, 0.25) is 0 Å². The Hall–Kier alpha value is -2.60. The van der Waals surface area contributed by atoms with Crippen LogP contribution in [0.5, 0.6) is 17.2 Å². The normalized spacial score (nSPS) is 9.48. The summed E-state index contributed by atoms with van der Waals surface area (Å²) in [7, 11) is 4.81. The van der Waals surface area contributed by atoms with Crippen LogP contribution in [0.25, 0.3) is 0 Å². The molecule has 0 heterocycles. The third kappa shape index (κ3) is 3.70. The van der Waals surface area contributed by atoms with E-state index in [1.54, 1.807) is 21.3 Å². The lowest BCUT2D eigenvalue weighted by Crippen LogP contribution is -1.96. The van der Waals surface area contributed by atoms with E-state index >= 15 is 0 Å². The summed E-state index contributed by atoms with van der Waals surface area (Å²) in [6.45, 7) is 0. The minimum atomic E-state index is 0.597. The second-order valence-electron chi connectivity index (χ2n) is 4.38. The molecule has 0 spiro atoms. The minimum absolute atomic E-state index is 0.597. The molecule has 0 saturated heterocycles. The number of hydrogen-bond donors (Lipinski definition) is 0. The molecule has 0 fully saturated rings.